The van der Waals surface area contributed by atoms with Crippen molar-refractivity contribution < 1.29 is 0 Å². The van der Waals surface area contributed by atoms with Gasteiger partial charge in [0.1, 0.15) is 11.6 Å². The number of rotatable bonds is 5. The molecule has 9 aromatic carbocycles. The summed E-state index contributed by atoms with van der Waals surface area (Å²) in [5.41, 5.74) is 9.93. The highest BCUT2D eigenvalue weighted by Crippen LogP contribution is 2.52. The third-order valence-electron chi connectivity index (χ3n) is 15.4. The van der Waals surface area contributed by atoms with E-state index in [-0.39, 0.29) is 5.56 Å². The molecule has 0 radical (unpaired) electrons. The van der Waals surface area contributed by atoms with E-state index in [9.17, 15) is 47.4 Å². The van der Waals surface area contributed by atoms with Gasteiger partial charge in [0.2, 0.25) is 0 Å². The fraction of sp³-hybridized carbons (Fsp3) is 0. The topological polar surface area (TPSA) is 247 Å². The number of nitrogens with zero attached hydrogens (tertiary/aromatic N) is 14. The van der Waals surface area contributed by atoms with E-state index in [2.05, 4.69) is 54.6 Å². The Morgan fingerprint density at radius 1 is 0.256 bits per heavy atom. The summed E-state index contributed by atoms with van der Waals surface area (Å²) in [6.45, 7) is 0. The smallest absolute Gasteiger partial charge is 0.104 e. The van der Waals surface area contributed by atoms with Crippen molar-refractivity contribution in [2.24, 2.45) is 0 Å². The maximum atomic E-state index is 12.8. The number of pyridine rings is 1. The fourth-order valence-electron chi connectivity index (χ4n) is 12.0. The van der Waals surface area contributed by atoms with Gasteiger partial charge in [-0.15, -0.1) is 0 Å². The van der Waals surface area contributed by atoms with Crippen molar-refractivity contribution >= 4 is 87.2 Å². The molecule has 0 amide bonds. The van der Waals surface area contributed by atoms with Crippen LogP contribution in [0.5, 0.6) is 0 Å². The average Bonchev–Trinajstić information content (AvgIpc) is 1.95. The minimum absolute atomic E-state index is 0.0966. The van der Waals surface area contributed by atoms with Crippen LogP contribution >= 0.6 is 0 Å². The average molecular weight is 1040 g/mol. The Balaban J connectivity index is 1.37. The lowest BCUT2D eigenvalue weighted by Gasteiger charge is -2.29. The van der Waals surface area contributed by atoms with Gasteiger partial charge >= 0.3 is 0 Å². The summed E-state index contributed by atoms with van der Waals surface area (Å²) in [4.78, 5) is 5.22. The first-order valence-electron chi connectivity index (χ1n) is 25.4. The maximum Gasteiger partial charge on any atom is 0.104 e. The van der Waals surface area contributed by atoms with Crippen molar-refractivity contribution in [3.63, 3.8) is 0 Å². The second-order valence-electron chi connectivity index (χ2n) is 19.6. The van der Waals surface area contributed by atoms with E-state index in [1.807, 2.05) is 78.9 Å². The third-order valence-corrected chi connectivity index (χ3v) is 15.4. The lowest BCUT2D eigenvalue weighted by molar-refractivity contribution is 1.03. The van der Waals surface area contributed by atoms with Crippen LogP contribution in [0.15, 0.2) is 170 Å². The molecule has 14 rings (SSSR count). The van der Waals surface area contributed by atoms with E-state index >= 15 is 0 Å². The molecule has 14 nitrogen and oxygen atoms in total. The number of fused-ring (bicyclic) bond motifs is 12. The zero-order chi connectivity index (χ0) is 56.1. The highest BCUT2D eigenvalue weighted by molar-refractivity contribution is 6.18. The molecule has 0 aliphatic carbocycles. The van der Waals surface area contributed by atoms with Crippen LogP contribution in [-0.4, -0.2) is 23.3 Å². The van der Waals surface area contributed by atoms with Crippen molar-refractivity contribution in [3.8, 4) is 88.6 Å². The summed E-state index contributed by atoms with van der Waals surface area (Å²) in [6, 6.07) is 69.1. The summed E-state index contributed by atoms with van der Waals surface area (Å²) in [6.07, 6.45) is 1.68. The van der Waals surface area contributed by atoms with E-state index in [1.54, 1.807) is 109 Å². The SMILES string of the molecule is N#Cc1ccc2c(c1)c1cc(C#N)ccc1n2-c1c(C#N)c(-n2c3ccc(C#N)cc3c3cc(C#N)ccc32)c(-n2c3ccc(C#N)cc3c3cc(C#N)ccc32)c(-c2ccccn2)c1-n1c2ccc(C#N)cc2c2cc(C#N)ccc21. The van der Waals surface area contributed by atoms with E-state index in [0.29, 0.717) is 166 Å². The molecule has 0 bridgehead atoms. The van der Waals surface area contributed by atoms with Gasteiger partial charge in [-0.2, -0.15) is 47.4 Å². The van der Waals surface area contributed by atoms with Crippen molar-refractivity contribution in [2.75, 3.05) is 0 Å². The molecule has 0 N–H and O–H groups in total. The summed E-state index contributed by atoms with van der Waals surface area (Å²) < 4.78 is 8.02. The molecule has 0 aliphatic rings. The summed E-state index contributed by atoms with van der Waals surface area (Å²) >= 11 is 0. The van der Waals surface area contributed by atoms with Crippen molar-refractivity contribution in [1.29, 1.82) is 47.4 Å². The minimum atomic E-state index is 0.0966. The molecular formula is C68H28N14. The van der Waals surface area contributed by atoms with Crippen LogP contribution < -0.4 is 0 Å². The molecule has 14 aromatic rings. The first kappa shape index (κ1) is 47.2. The van der Waals surface area contributed by atoms with Gasteiger partial charge in [-0.1, -0.05) is 6.07 Å². The quantitative estimate of drug-likeness (QED) is 0.158. The Bertz CT molecular complexity index is 5090. The monoisotopic (exact) mass is 1040 g/mol. The van der Waals surface area contributed by atoms with Gasteiger partial charge in [-0.25, -0.2) is 0 Å². The van der Waals surface area contributed by atoms with Gasteiger partial charge in [0.25, 0.3) is 0 Å². The minimum Gasteiger partial charge on any atom is -0.306 e. The number of benzene rings is 9. The fourth-order valence-corrected chi connectivity index (χ4v) is 12.0. The molecular weight excluding hydrogens is 1010 g/mol. The standard InChI is InChI=1S/C68H28N14/c69-29-38-4-12-56-46(21-38)47-22-39(30-70)5-13-57(47)79(56)65-54(37-77)66(80-58-14-6-40(31-71)23-48(58)49-24-41(32-72)7-15-59(49)80)68(82-62-18-10-44(35-75)27-52(62)53-28-45(36-76)11-19-63(53)82)64(55-3-1-2-20-78-55)67(65)81-60-16-8-42(33-73)25-50(60)51-26-43(34-74)9-17-61(51)81/h1-28H. The predicted molar refractivity (Wildman–Crippen MR) is 309 cm³/mol. The molecule has 0 unspecified atom stereocenters. The zero-order valence-corrected chi connectivity index (χ0v) is 42.4. The molecule has 0 saturated carbocycles. The summed E-state index contributed by atoms with van der Waals surface area (Å²) in [5.74, 6) is 0. The predicted octanol–water partition coefficient (Wildman–Crippen LogP) is 14.0. The van der Waals surface area contributed by atoms with Gasteiger partial charge in [-0.3, -0.25) is 4.98 Å². The second-order valence-corrected chi connectivity index (χ2v) is 19.6. The first-order valence-corrected chi connectivity index (χ1v) is 25.4. The lowest BCUT2D eigenvalue weighted by Crippen LogP contribution is -2.16. The van der Waals surface area contributed by atoms with E-state index in [0.717, 1.165) is 0 Å². The highest BCUT2D eigenvalue weighted by atomic mass is 15.1. The van der Waals surface area contributed by atoms with Crippen LogP contribution in [0.4, 0.5) is 0 Å². The Hall–Kier alpha value is -13.3. The van der Waals surface area contributed by atoms with Crippen LogP contribution in [0.2, 0.25) is 0 Å². The Labute approximate surface area is 464 Å². The van der Waals surface area contributed by atoms with Crippen molar-refractivity contribution in [2.45, 2.75) is 0 Å². The van der Waals surface area contributed by atoms with E-state index in [4.69, 9.17) is 4.98 Å². The van der Waals surface area contributed by atoms with Gasteiger partial charge < -0.3 is 18.3 Å². The number of nitriles is 9. The summed E-state index contributed by atoms with van der Waals surface area (Å²) in [5, 5.41) is 101. The third kappa shape index (κ3) is 6.62. The summed E-state index contributed by atoms with van der Waals surface area (Å²) in [7, 11) is 0. The molecule has 0 spiro atoms. The number of hydrogen-bond donors (Lipinski definition) is 0. The lowest BCUT2D eigenvalue weighted by atomic mass is 9.95. The molecule has 14 heteroatoms. The van der Waals surface area contributed by atoms with Crippen LogP contribution in [0.1, 0.15) is 50.1 Å². The van der Waals surface area contributed by atoms with Gasteiger partial charge in [0.15, 0.2) is 0 Å². The second kappa shape index (κ2) is 17.9. The number of hydrogen-bond acceptors (Lipinski definition) is 10. The first-order chi connectivity index (χ1) is 40.3. The molecule has 0 aliphatic heterocycles. The molecule has 0 atom stereocenters. The molecule has 5 aromatic heterocycles. The van der Waals surface area contributed by atoms with Crippen LogP contribution in [0.25, 0.3) is 121 Å². The molecule has 82 heavy (non-hydrogen) atoms. The largest absolute Gasteiger partial charge is 0.306 e. The van der Waals surface area contributed by atoms with Crippen molar-refractivity contribution in [3.05, 3.63) is 220 Å². The maximum absolute atomic E-state index is 12.8. The molecule has 370 valence electrons. The Kier molecular flexibility index (Phi) is 10.3. The highest BCUT2D eigenvalue weighted by Gasteiger charge is 2.36. The number of aromatic nitrogens is 5. The van der Waals surface area contributed by atoms with Crippen molar-refractivity contribution in [1.82, 2.24) is 23.3 Å². The Morgan fingerprint density at radius 2 is 0.488 bits per heavy atom. The van der Waals surface area contributed by atoms with E-state index < -0.39 is 0 Å². The van der Waals surface area contributed by atoms with E-state index in [1.165, 1.54) is 0 Å². The molecule has 0 fully saturated rings. The van der Waals surface area contributed by atoms with Gasteiger partial charge in [0, 0.05) is 49.3 Å². The normalized spacial score (nSPS) is 11.1. The Morgan fingerprint density at radius 3 is 0.683 bits per heavy atom. The zero-order valence-electron chi connectivity index (χ0n) is 42.4. The molecule has 0 saturated heterocycles. The van der Waals surface area contributed by atoms with Gasteiger partial charge in [-0.05, 0) is 158 Å². The van der Waals surface area contributed by atoms with Crippen LogP contribution in [-0.2, 0) is 0 Å². The van der Waals surface area contributed by atoms with Crippen LogP contribution in [0, 0.1) is 102 Å². The van der Waals surface area contributed by atoms with Crippen LogP contribution in [0.3, 0.4) is 0 Å². The molecule has 5 heterocycles. The van der Waals surface area contributed by atoms with Gasteiger partial charge in [0.05, 0.1) is 171 Å².